The summed E-state index contributed by atoms with van der Waals surface area (Å²) in [6, 6.07) is 10.4. The first-order valence-electron chi connectivity index (χ1n) is 7.08. The van der Waals surface area contributed by atoms with Gasteiger partial charge in [-0.15, -0.1) is 0 Å². The van der Waals surface area contributed by atoms with Gasteiger partial charge >= 0.3 is 0 Å². The average molecular weight is 280 g/mol. The molecule has 0 fully saturated rings. The zero-order valence-electron chi connectivity index (χ0n) is 12.6. The van der Waals surface area contributed by atoms with Gasteiger partial charge in [-0.3, -0.25) is 5.84 Å². The molecule has 3 aromatic rings. The van der Waals surface area contributed by atoms with E-state index in [9.17, 15) is 0 Å². The van der Waals surface area contributed by atoms with Gasteiger partial charge in [0.2, 0.25) is 0 Å². The Balaban J connectivity index is 2.17. The van der Waals surface area contributed by atoms with Gasteiger partial charge < -0.3 is 0 Å². The van der Waals surface area contributed by atoms with Crippen LogP contribution in [-0.2, 0) is 0 Å². The summed E-state index contributed by atoms with van der Waals surface area (Å²) in [5, 5.41) is 4.40. The van der Waals surface area contributed by atoms with E-state index in [2.05, 4.69) is 49.5 Å². The van der Waals surface area contributed by atoms with Crippen molar-refractivity contribution in [2.45, 2.75) is 26.8 Å². The second kappa shape index (κ2) is 5.31. The van der Waals surface area contributed by atoms with Gasteiger partial charge in [-0.1, -0.05) is 18.2 Å². The lowest BCUT2D eigenvalue weighted by atomic mass is 9.92. The van der Waals surface area contributed by atoms with Crippen LogP contribution in [0.15, 0.2) is 42.7 Å². The third-order valence-electron chi connectivity index (χ3n) is 4.13. The molecule has 2 aromatic heterocycles. The predicted octanol–water partition coefficient (Wildman–Crippen LogP) is 2.81. The Labute approximate surface area is 124 Å². The van der Waals surface area contributed by atoms with E-state index < -0.39 is 0 Å². The van der Waals surface area contributed by atoms with Crippen LogP contribution in [0, 0.1) is 20.8 Å². The molecular formula is C17H20N4. The van der Waals surface area contributed by atoms with Gasteiger partial charge in [-0.2, -0.15) is 5.10 Å². The Morgan fingerprint density at radius 3 is 2.57 bits per heavy atom. The molecule has 0 saturated carbocycles. The predicted molar refractivity (Wildman–Crippen MR) is 85.0 cm³/mol. The van der Waals surface area contributed by atoms with Gasteiger partial charge in [0.25, 0.3) is 0 Å². The second-order valence-electron chi connectivity index (χ2n) is 5.52. The highest BCUT2D eigenvalue weighted by Gasteiger charge is 2.19. The van der Waals surface area contributed by atoms with E-state index in [1.54, 1.807) is 0 Å². The maximum atomic E-state index is 5.86. The van der Waals surface area contributed by atoms with Gasteiger partial charge in [0.15, 0.2) is 0 Å². The molecule has 21 heavy (non-hydrogen) atoms. The molecule has 1 unspecified atom stereocenters. The van der Waals surface area contributed by atoms with Crippen molar-refractivity contribution in [2.24, 2.45) is 5.84 Å². The SMILES string of the molecule is Cc1cc(C)c(C(NN)c2cnn3ccccc23)cc1C. The fraction of sp³-hybridized carbons (Fsp3) is 0.235. The van der Waals surface area contributed by atoms with Crippen molar-refractivity contribution in [1.82, 2.24) is 15.0 Å². The largest absolute Gasteiger partial charge is 0.271 e. The number of pyridine rings is 1. The zero-order chi connectivity index (χ0) is 15.0. The van der Waals surface area contributed by atoms with Crippen LogP contribution >= 0.6 is 0 Å². The van der Waals surface area contributed by atoms with E-state index >= 15 is 0 Å². The lowest BCUT2D eigenvalue weighted by Crippen LogP contribution is -2.29. The van der Waals surface area contributed by atoms with Crippen LogP contribution in [-0.4, -0.2) is 9.61 Å². The number of hydrogen-bond donors (Lipinski definition) is 2. The Hall–Kier alpha value is -2.17. The smallest absolute Gasteiger partial charge is 0.0749 e. The van der Waals surface area contributed by atoms with Crippen molar-refractivity contribution in [2.75, 3.05) is 0 Å². The molecule has 0 radical (unpaired) electrons. The van der Waals surface area contributed by atoms with E-state index in [-0.39, 0.29) is 6.04 Å². The summed E-state index contributed by atoms with van der Waals surface area (Å²) < 4.78 is 1.87. The zero-order valence-corrected chi connectivity index (χ0v) is 12.6. The minimum atomic E-state index is -0.0656. The van der Waals surface area contributed by atoms with Crippen LogP contribution in [0.3, 0.4) is 0 Å². The molecule has 1 aromatic carbocycles. The number of benzene rings is 1. The summed E-state index contributed by atoms with van der Waals surface area (Å²) in [7, 11) is 0. The van der Waals surface area contributed by atoms with Crippen molar-refractivity contribution in [3.63, 3.8) is 0 Å². The number of nitrogens with two attached hydrogens (primary N) is 1. The molecule has 108 valence electrons. The molecule has 0 aliphatic heterocycles. The molecule has 3 N–H and O–H groups in total. The molecule has 1 atom stereocenters. The summed E-state index contributed by atoms with van der Waals surface area (Å²) in [5.74, 6) is 5.86. The van der Waals surface area contributed by atoms with Crippen molar-refractivity contribution in [1.29, 1.82) is 0 Å². The average Bonchev–Trinajstić information content (AvgIpc) is 2.89. The third kappa shape index (κ3) is 2.33. The van der Waals surface area contributed by atoms with Crippen molar-refractivity contribution < 1.29 is 0 Å². The van der Waals surface area contributed by atoms with Crippen LogP contribution in [0.1, 0.15) is 33.9 Å². The van der Waals surface area contributed by atoms with Crippen molar-refractivity contribution in [3.8, 4) is 0 Å². The third-order valence-corrected chi connectivity index (χ3v) is 4.13. The van der Waals surface area contributed by atoms with Crippen LogP contribution < -0.4 is 11.3 Å². The first-order chi connectivity index (χ1) is 10.1. The summed E-state index contributed by atoms with van der Waals surface area (Å²) in [6.45, 7) is 6.38. The Bertz CT molecular complexity index is 789. The highest BCUT2D eigenvalue weighted by molar-refractivity contribution is 5.58. The first kappa shape index (κ1) is 13.8. The van der Waals surface area contributed by atoms with E-state index in [0.29, 0.717) is 0 Å². The molecular weight excluding hydrogens is 260 g/mol. The molecule has 0 bridgehead atoms. The molecule has 0 aliphatic carbocycles. The van der Waals surface area contributed by atoms with Gasteiger partial charge in [0, 0.05) is 11.8 Å². The Kier molecular flexibility index (Phi) is 3.49. The number of nitrogens with one attached hydrogen (secondary N) is 1. The number of aryl methyl sites for hydroxylation is 3. The van der Waals surface area contributed by atoms with Crippen LogP contribution in [0.5, 0.6) is 0 Å². The minimum Gasteiger partial charge on any atom is -0.271 e. The van der Waals surface area contributed by atoms with Crippen LogP contribution in [0.4, 0.5) is 0 Å². The molecule has 0 aliphatic rings. The summed E-state index contributed by atoms with van der Waals surface area (Å²) >= 11 is 0. The molecule has 4 nitrogen and oxygen atoms in total. The number of rotatable bonds is 3. The normalized spacial score (nSPS) is 12.8. The number of nitrogens with zero attached hydrogens (tertiary/aromatic N) is 2. The molecule has 0 amide bonds. The maximum absolute atomic E-state index is 5.86. The molecule has 3 rings (SSSR count). The molecule has 2 heterocycles. The quantitative estimate of drug-likeness (QED) is 0.573. The Morgan fingerprint density at radius 2 is 1.81 bits per heavy atom. The molecule has 4 heteroatoms. The van der Waals surface area contributed by atoms with Gasteiger partial charge in [0.05, 0.1) is 17.8 Å². The highest BCUT2D eigenvalue weighted by atomic mass is 15.3. The fourth-order valence-corrected chi connectivity index (χ4v) is 2.82. The van der Waals surface area contributed by atoms with Crippen LogP contribution in [0.2, 0.25) is 0 Å². The lowest BCUT2D eigenvalue weighted by Gasteiger charge is -2.19. The fourth-order valence-electron chi connectivity index (χ4n) is 2.82. The van der Waals surface area contributed by atoms with E-state index in [4.69, 9.17) is 5.84 Å². The lowest BCUT2D eigenvalue weighted by molar-refractivity contribution is 0.637. The van der Waals surface area contributed by atoms with Crippen LogP contribution in [0.25, 0.3) is 5.52 Å². The number of hydrazine groups is 1. The second-order valence-corrected chi connectivity index (χ2v) is 5.52. The van der Waals surface area contributed by atoms with E-state index in [1.165, 1.54) is 22.3 Å². The topological polar surface area (TPSA) is 55.3 Å². The van der Waals surface area contributed by atoms with Gasteiger partial charge in [-0.25, -0.2) is 9.94 Å². The Morgan fingerprint density at radius 1 is 1.05 bits per heavy atom. The number of fused-ring (bicyclic) bond motifs is 1. The minimum absolute atomic E-state index is 0.0656. The van der Waals surface area contributed by atoms with Crippen molar-refractivity contribution >= 4 is 5.52 Å². The number of aromatic nitrogens is 2. The standard InChI is InChI=1S/C17H20N4/c1-11-8-13(3)14(9-12(11)2)17(20-18)15-10-19-21-7-5-4-6-16(15)21/h4-10,17,20H,18H2,1-3H3. The first-order valence-corrected chi connectivity index (χ1v) is 7.08. The van der Waals surface area contributed by atoms with Gasteiger partial charge in [0.1, 0.15) is 0 Å². The summed E-state index contributed by atoms with van der Waals surface area (Å²) in [6.07, 6.45) is 3.83. The van der Waals surface area contributed by atoms with Crippen molar-refractivity contribution in [3.05, 3.63) is 70.5 Å². The monoisotopic (exact) mass is 280 g/mol. The highest BCUT2D eigenvalue weighted by Crippen LogP contribution is 2.29. The van der Waals surface area contributed by atoms with E-state index in [1.807, 2.05) is 29.0 Å². The van der Waals surface area contributed by atoms with Gasteiger partial charge in [-0.05, 0) is 55.2 Å². The summed E-state index contributed by atoms with van der Waals surface area (Å²) in [5.41, 5.74) is 10.1. The molecule has 0 spiro atoms. The molecule has 0 saturated heterocycles. The summed E-state index contributed by atoms with van der Waals surface area (Å²) in [4.78, 5) is 0. The maximum Gasteiger partial charge on any atom is 0.0749 e. The van der Waals surface area contributed by atoms with E-state index in [0.717, 1.165) is 11.1 Å². The number of hydrogen-bond acceptors (Lipinski definition) is 3.